The molecule has 0 radical (unpaired) electrons. The molecular formula is C16H24Cl2N4O2. The van der Waals surface area contributed by atoms with Crippen LogP contribution in [0.3, 0.4) is 0 Å². The first-order valence-corrected chi connectivity index (χ1v) is 7.77. The summed E-state index contributed by atoms with van der Waals surface area (Å²) in [6.07, 6.45) is 5.94. The molecule has 2 amide bonds. The van der Waals surface area contributed by atoms with Crippen LogP contribution in [-0.2, 0) is 9.59 Å². The van der Waals surface area contributed by atoms with Gasteiger partial charge in [0.1, 0.15) is 0 Å². The third-order valence-electron chi connectivity index (χ3n) is 4.69. The maximum atomic E-state index is 12.5. The van der Waals surface area contributed by atoms with Gasteiger partial charge in [-0.25, -0.2) is 0 Å². The molecule has 2 fully saturated rings. The third-order valence-corrected chi connectivity index (χ3v) is 4.69. The second kappa shape index (κ2) is 8.65. The molecule has 3 rings (SSSR count). The number of carbonyl (C=O) groups is 2. The monoisotopic (exact) mass is 374 g/mol. The van der Waals surface area contributed by atoms with Crippen LogP contribution >= 0.6 is 24.8 Å². The summed E-state index contributed by atoms with van der Waals surface area (Å²) in [4.78, 5) is 30.3. The van der Waals surface area contributed by atoms with Crippen molar-refractivity contribution in [2.24, 2.45) is 17.6 Å². The number of nitrogens with one attached hydrogen (secondary N) is 1. The minimum Gasteiger partial charge on any atom is -0.354 e. The number of amides is 2. The van der Waals surface area contributed by atoms with Gasteiger partial charge in [0.15, 0.2) is 0 Å². The van der Waals surface area contributed by atoms with Crippen LogP contribution in [0.1, 0.15) is 30.9 Å². The molecule has 2 heterocycles. The van der Waals surface area contributed by atoms with Crippen LogP contribution in [0.2, 0.25) is 0 Å². The predicted molar refractivity (Wildman–Crippen MR) is 96.1 cm³/mol. The highest BCUT2D eigenvalue weighted by atomic mass is 35.5. The van der Waals surface area contributed by atoms with Crippen molar-refractivity contribution < 1.29 is 9.59 Å². The molecule has 0 spiro atoms. The first kappa shape index (κ1) is 20.7. The van der Waals surface area contributed by atoms with E-state index in [1.165, 1.54) is 0 Å². The second-order valence-electron chi connectivity index (χ2n) is 6.29. The number of aromatic nitrogens is 1. The van der Waals surface area contributed by atoms with E-state index in [4.69, 9.17) is 5.73 Å². The maximum Gasteiger partial charge on any atom is 0.226 e. The van der Waals surface area contributed by atoms with Crippen molar-refractivity contribution in [2.45, 2.75) is 31.3 Å². The number of rotatable bonds is 5. The number of hydrogen-bond acceptors (Lipinski definition) is 4. The first-order chi connectivity index (χ1) is 10.6. The Morgan fingerprint density at radius 1 is 1.46 bits per heavy atom. The Balaban J connectivity index is 0.00000144. The lowest BCUT2D eigenvalue weighted by Crippen LogP contribution is -2.42. The molecule has 2 aliphatic rings. The molecular weight excluding hydrogens is 351 g/mol. The van der Waals surface area contributed by atoms with Crippen molar-refractivity contribution in [3.8, 4) is 0 Å². The Hall–Kier alpha value is -1.37. The van der Waals surface area contributed by atoms with E-state index in [1.807, 2.05) is 12.1 Å². The van der Waals surface area contributed by atoms with E-state index in [9.17, 15) is 9.59 Å². The second-order valence-corrected chi connectivity index (χ2v) is 6.29. The van der Waals surface area contributed by atoms with Crippen molar-refractivity contribution >= 4 is 36.6 Å². The highest BCUT2D eigenvalue weighted by molar-refractivity contribution is 5.90. The van der Waals surface area contributed by atoms with Gasteiger partial charge in [0.2, 0.25) is 11.8 Å². The fraction of sp³-hybridized carbons (Fsp3) is 0.562. The zero-order chi connectivity index (χ0) is 15.7. The Morgan fingerprint density at radius 2 is 2.17 bits per heavy atom. The zero-order valence-electron chi connectivity index (χ0n) is 13.6. The lowest BCUT2D eigenvalue weighted by Gasteiger charge is -2.25. The minimum absolute atomic E-state index is 0. The van der Waals surface area contributed by atoms with Crippen LogP contribution in [0.4, 0.5) is 0 Å². The highest BCUT2D eigenvalue weighted by Gasteiger charge is 2.43. The standard InChI is InChI=1S/C16H22N4O2.2ClH/c1-20-14(21)7-12(15(20)11-3-2-6-18-8-11)16(22)19-9-13(17)10-4-5-10;;/h2-3,6,8,10,12-13,15H,4-5,7,9,17H2,1H3,(H,19,22);2*1H. The van der Waals surface area contributed by atoms with E-state index in [0.29, 0.717) is 12.5 Å². The van der Waals surface area contributed by atoms with Crippen molar-refractivity contribution in [1.29, 1.82) is 0 Å². The molecule has 3 atom stereocenters. The average molecular weight is 375 g/mol. The van der Waals surface area contributed by atoms with Crippen molar-refractivity contribution in [3.05, 3.63) is 30.1 Å². The minimum atomic E-state index is -0.381. The molecule has 0 aromatic carbocycles. The third kappa shape index (κ3) is 4.37. The van der Waals surface area contributed by atoms with Gasteiger partial charge < -0.3 is 16.0 Å². The summed E-state index contributed by atoms with van der Waals surface area (Å²) in [6.45, 7) is 0.484. The summed E-state index contributed by atoms with van der Waals surface area (Å²) in [5.41, 5.74) is 6.92. The number of likely N-dealkylation sites (tertiary alicyclic amines) is 1. The van der Waals surface area contributed by atoms with Crippen LogP contribution < -0.4 is 11.1 Å². The number of nitrogens with two attached hydrogens (primary N) is 1. The first-order valence-electron chi connectivity index (χ1n) is 7.77. The average Bonchev–Trinajstić information content (AvgIpc) is 3.33. The maximum absolute atomic E-state index is 12.5. The Labute approximate surface area is 154 Å². The van der Waals surface area contributed by atoms with Crippen LogP contribution in [-0.4, -0.2) is 41.3 Å². The topological polar surface area (TPSA) is 88.3 Å². The summed E-state index contributed by atoms with van der Waals surface area (Å²) >= 11 is 0. The summed E-state index contributed by atoms with van der Waals surface area (Å²) in [5, 5.41) is 2.92. The van der Waals surface area contributed by atoms with E-state index in [0.717, 1.165) is 18.4 Å². The van der Waals surface area contributed by atoms with Crippen LogP contribution in [0, 0.1) is 11.8 Å². The molecule has 1 aliphatic carbocycles. The van der Waals surface area contributed by atoms with Gasteiger partial charge in [0, 0.05) is 38.4 Å². The molecule has 3 unspecified atom stereocenters. The SMILES string of the molecule is CN1C(=O)CC(C(=O)NCC(N)C2CC2)C1c1cccnc1.Cl.Cl. The lowest BCUT2D eigenvalue weighted by atomic mass is 9.94. The van der Waals surface area contributed by atoms with E-state index < -0.39 is 0 Å². The Morgan fingerprint density at radius 3 is 2.75 bits per heavy atom. The van der Waals surface area contributed by atoms with Crippen molar-refractivity contribution in [2.75, 3.05) is 13.6 Å². The Bertz CT molecular complexity index is 568. The molecule has 1 aliphatic heterocycles. The van der Waals surface area contributed by atoms with Crippen molar-refractivity contribution in [3.63, 3.8) is 0 Å². The molecule has 134 valence electrons. The number of hydrogen-bond donors (Lipinski definition) is 2. The lowest BCUT2D eigenvalue weighted by molar-refractivity contribution is -0.128. The molecule has 1 saturated carbocycles. The van der Waals surface area contributed by atoms with Crippen LogP contribution in [0.5, 0.6) is 0 Å². The summed E-state index contributed by atoms with van der Waals surface area (Å²) in [7, 11) is 1.74. The van der Waals surface area contributed by atoms with Gasteiger partial charge in [-0.3, -0.25) is 14.6 Å². The van der Waals surface area contributed by atoms with Gasteiger partial charge in [-0.2, -0.15) is 0 Å². The van der Waals surface area contributed by atoms with Gasteiger partial charge in [-0.05, 0) is 30.4 Å². The van der Waals surface area contributed by atoms with Gasteiger partial charge in [0.25, 0.3) is 0 Å². The largest absolute Gasteiger partial charge is 0.354 e. The molecule has 0 bridgehead atoms. The van der Waals surface area contributed by atoms with E-state index in [-0.39, 0.29) is 61.1 Å². The fourth-order valence-corrected chi connectivity index (χ4v) is 3.15. The highest BCUT2D eigenvalue weighted by Crippen LogP contribution is 2.37. The number of pyridine rings is 1. The molecule has 1 aromatic rings. The summed E-state index contributed by atoms with van der Waals surface area (Å²) < 4.78 is 0. The fourth-order valence-electron chi connectivity index (χ4n) is 3.15. The quantitative estimate of drug-likeness (QED) is 0.812. The van der Waals surface area contributed by atoms with Gasteiger partial charge in [-0.1, -0.05) is 6.07 Å². The van der Waals surface area contributed by atoms with E-state index >= 15 is 0 Å². The Kier molecular flexibility index (Phi) is 7.45. The molecule has 24 heavy (non-hydrogen) atoms. The molecule has 1 saturated heterocycles. The smallest absolute Gasteiger partial charge is 0.226 e. The van der Waals surface area contributed by atoms with Gasteiger partial charge >= 0.3 is 0 Å². The number of carbonyl (C=O) groups excluding carboxylic acids is 2. The van der Waals surface area contributed by atoms with Crippen LogP contribution in [0.15, 0.2) is 24.5 Å². The number of halogens is 2. The van der Waals surface area contributed by atoms with Crippen molar-refractivity contribution in [1.82, 2.24) is 15.2 Å². The van der Waals surface area contributed by atoms with Crippen LogP contribution in [0.25, 0.3) is 0 Å². The summed E-state index contributed by atoms with van der Waals surface area (Å²) in [5.74, 6) is 0.0542. The molecule has 1 aromatic heterocycles. The van der Waals surface area contributed by atoms with E-state index in [1.54, 1.807) is 24.3 Å². The predicted octanol–water partition coefficient (Wildman–Crippen LogP) is 1.30. The molecule has 3 N–H and O–H groups in total. The molecule has 8 heteroatoms. The molecule has 6 nitrogen and oxygen atoms in total. The number of nitrogens with zero attached hydrogens (tertiary/aromatic N) is 2. The summed E-state index contributed by atoms with van der Waals surface area (Å²) in [6, 6.07) is 3.50. The van der Waals surface area contributed by atoms with Gasteiger partial charge in [-0.15, -0.1) is 24.8 Å². The normalized spacial score (nSPS) is 23.9. The zero-order valence-corrected chi connectivity index (χ0v) is 15.2. The van der Waals surface area contributed by atoms with Gasteiger partial charge in [0.05, 0.1) is 12.0 Å². The van der Waals surface area contributed by atoms with E-state index in [2.05, 4.69) is 10.3 Å².